The Morgan fingerprint density at radius 3 is 2.69 bits per heavy atom. The van der Waals surface area contributed by atoms with Crippen LogP contribution in [-0.2, 0) is 9.53 Å². The van der Waals surface area contributed by atoms with Crippen LogP contribution in [0.4, 0.5) is 0 Å². The average Bonchev–Trinajstić information content (AvgIpc) is 2.25. The van der Waals surface area contributed by atoms with E-state index in [1.165, 1.54) is 0 Å². The van der Waals surface area contributed by atoms with Crippen molar-refractivity contribution in [2.24, 2.45) is 0 Å². The molecule has 0 aromatic heterocycles. The minimum Gasteiger partial charge on any atom is -0.479 e. The van der Waals surface area contributed by atoms with E-state index in [4.69, 9.17) is 9.47 Å². The summed E-state index contributed by atoms with van der Waals surface area (Å²) in [6.07, 6.45) is -0.569. The van der Waals surface area contributed by atoms with Crippen molar-refractivity contribution in [3.63, 3.8) is 0 Å². The molecule has 1 unspecified atom stereocenters. The summed E-state index contributed by atoms with van der Waals surface area (Å²) in [6.45, 7) is 7.83. The molecule has 0 spiro atoms. The number of aryl methyl sites for hydroxylation is 1. The standard InChI is InChI=1S/C13H18O3/c1-5-15-13(14)11(4)16-12-8-6-7-9(2)10(12)3/h6-8,11H,5H2,1-4H3. The molecular weight excluding hydrogens is 204 g/mol. The van der Waals surface area contributed by atoms with Crippen LogP contribution in [0, 0.1) is 13.8 Å². The molecule has 0 saturated carbocycles. The molecule has 0 radical (unpaired) electrons. The summed E-state index contributed by atoms with van der Waals surface area (Å²) in [6, 6.07) is 5.78. The van der Waals surface area contributed by atoms with Crippen molar-refractivity contribution < 1.29 is 14.3 Å². The van der Waals surface area contributed by atoms with Gasteiger partial charge in [0.2, 0.25) is 0 Å². The van der Waals surface area contributed by atoms with Crippen molar-refractivity contribution in [2.75, 3.05) is 6.61 Å². The molecule has 3 nitrogen and oxygen atoms in total. The Balaban J connectivity index is 2.73. The third-order valence-corrected chi connectivity index (χ3v) is 2.48. The van der Waals surface area contributed by atoms with Crippen LogP contribution in [0.1, 0.15) is 25.0 Å². The quantitative estimate of drug-likeness (QED) is 0.735. The molecule has 3 heteroatoms. The van der Waals surface area contributed by atoms with E-state index < -0.39 is 6.10 Å². The highest BCUT2D eigenvalue weighted by Gasteiger charge is 2.16. The fourth-order valence-electron chi connectivity index (χ4n) is 1.35. The molecule has 0 saturated heterocycles. The molecule has 0 aliphatic heterocycles. The minimum atomic E-state index is -0.569. The van der Waals surface area contributed by atoms with Crippen molar-refractivity contribution >= 4 is 5.97 Å². The fraction of sp³-hybridized carbons (Fsp3) is 0.462. The number of ether oxygens (including phenoxy) is 2. The number of hydrogen-bond donors (Lipinski definition) is 0. The van der Waals surface area contributed by atoms with Gasteiger partial charge in [0, 0.05) is 0 Å². The second-order valence-electron chi connectivity index (χ2n) is 3.71. The second kappa shape index (κ2) is 5.54. The molecule has 1 atom stereocenters. The van der Waals surface area contributed by atoms with Gasteiger partial charge < -0.3 is 9.47 Å². The van der Waals surface area contributed by atoms with Crippen LogP contribution >= 0.6 is 0 Å². The Bertz CT molecular complexity index is 371. The Morgan fingerprint density at radius 2 is 2.06 bits per heavy atom. The van der Waals surface area contributed by atoms with Gasteiger partial charge in [-0.15, -0.1) is 0 Å². The molecule has 0 heterocycles. The second-order valence-corrected chi connectivity index (χ2v) is 3.71. The minimum absolute atomic E-state index is 0.330. The number of hydrogen-bond acceptors (Lipinski definition) is 3. The summed E-state index contributed by atoms with van der Waals surface area (Å²) in [4.78, 5) is 11.4. The van der Waals surface area contributed by atoms with Gasteiger partial charge >= 0.3 is 5.97 Å². The maximum absolute atomic E-state index is 11.4. The van der Waals surface area contributed by atoms with E-state index in [0.29, 0.717) is 6.61 Å². The Morgan fingerprint density at radius 1 is 1.38 bits per heavy atom. The van der Waals surface area contributed by atoms with Crippen molar-refractivity contribution in [2.45, 2.75) is 33.8 Å². The predicted molar refractivity (Wildman–Crippen MR) is 62.6 cm³/mol. The van der Waals surface area contributed by atoms with E-state index in [0.717, 1.165) is 16.9 Å². The fourth-order valence-corrected chi connectivity index (χ4v) is 1.35. The van der Waals surface area contributed by atoms with Crippen LogP contribution in [0.15, 0.2) is 18.2 Å². The van der Waals surface area contributed by atoms with Crippen molar-refractivity contribution in [1.82, 2.24) is 0 Å². The molecule has 0 aliphatic carbocycles. The van der Waals surface area contributed by atoms with E-state index in [-0.39, 0.29) is 5.97 Å². The zero-order chi connectivity index (χ0) is 12.1. The third-order valence-electron chi connectivity index (χ3n) is 2.48. The molecule has 0 fully saturated rings. The van der Waals surface area contributed by atoms with Gasteiger partial charge in [-0.25, -0.2) is 4.79 Å². The Hall–Kier alpha value is -1.51. The maximum Gasteiger partial charge on any atom is 0.347 e. The first-order valence-corrected chi connectivity index (χ1v) is 5.45. The van der Waals surface area contributed by atoms with Gasteiger partial charge in [0.1, 0.15) is 5.75 Å². The third kappa shape index (κ3) is 2.99. The maximum atomic E-state index is 11.4. The lowest BCUT2D eigenvalue weighted by atomic mass is 10.1. The van der Waals surface area contributed by atoms with Gasteiger partial charge in [-0.05, 0) is 44.9 Å². The molecule has 1 rings (SSSR count). The molecule has 88 valence electrons. The summed E-state index contributed by atoms with van der Waals surface area (Å²) in [5.41, 5.74) is 2.20. The first kappa shape index (κ1) is 12.6. The van der Waals surface area contributed by atoms with Crippen LogP contribution in [0.3, 0.4) is 0 Å². The van der Waals surface area contributed by atoms with Crippen LogP contribution in [0.25, 0.3) is 0 Å². The number of esters is 1. The lowest BCUT2D eigenvalue weighted by Gasteiger charge is -2.15. The number of rotatable bonds is 4. The van der Waals surface area contributed by atoms with Crippen LogP contribution in [0.2, 0.25) is 0 Å². The molecule has 1 aromatic rings. The summed E-state index contributed by atoms with van der Waals surface area (Å²) in [7, 11) is 0. The van der Waals surface area contributed by atoms with Gasteiger partial charge in [-0.3, -0.25) is 0 Å². The molecule has 0 aliphatic rings. The van der Waals surface area contributed by atoms with Crippen molar-refractivity contribution in [3.05, 3.63) is 29.3 Å². The molecule has 0 bridgehead atoms. The van der Waals surface area contributed by atoms with E-state index in [2.05, 4.69) is 0 Å². The monoisotopic (exact) mass is 222 g/mol. The Labute approximate surface area is 96.4 Å². The SMILES string of the molecule is CCOC(=O)C(C)Oc1cccc(C)c1C. The Kier molecular flexibility index (Phi) is 4.35. The van der Waals surface area contributed by atoms with Crippen LogP contribution < -0.4 is 4.74 Å². The summed E-state index contributed by atoms with van der Waals surface area (Å²) < 4.78 is 10.4. The average molecular weight is 222 g/mol. The highest BCUT2D eigenvalue weighted by atomic mass is 16.6. The van der Waals surface area contributed by atoms with Crippen LogP contribution in [0.5, 0.6) is 5.75 Å². The largest absolute Gasteiger partial charge is 0.479 e. The number of benzene rings is 1. The van der Waals surface area contributed by atoms with Crippen molar-refractivity contribution in [3.8, 4) is 5.75 Å². The normalized spacial score (nSPS) is 12.0. The number of carbonyl (C=O) groups is 1. The number of carbonyl (C=O) groups excluding carboxylic acids is 1. The van der Waals surface area contributed by atoms with E-state index >= 15 is 0 Å². The van der Waals surface area contributed by atoms with Gasteiger partial charge in [-0.2, -0.15) is 0 Å². The summed E-state index contributed by atoms with van der Waals surface area (Å²) in [5.74, 6) is 0.406. The van der Waals surface area contributed by atoms with Gasteiger partial charge in [-0.1, -0.05) is 12.1 Å². The zero-order valence-corrected chi connectivity index (χ0v) is 10.2. The van der Waals surface area contributed by atoms with Crippen LogP contribution in [-0.4, -0.2) is 18.7 Å². The van der Waals surface area contributed by atoms with Gasteiger partial charge in [0.15, 0.2) is 6.10 Å². The lowest BCUT2D eigenvalue weighted by molar-refractivity contribution is -0.150. The molecule has 1 aromatic carbocycles. The van der Waals surface area contributed by atoms with E-state index in [1.807, 2.05) is 32.0 Å². The molecule has 0 amide bonds. The highest BCUT2D eigenvalue weighted by molar-refractivity contribution is 5.74. The smallest absolute Gasteiger partial charge is 0.347 e. The first-order chi connectivity index (χ1) is 7.56. The summed E-state index contributed by atoms with van der Waals surface area (Å²) in [5, 5.41) is 0. The topological polar surface area (TPSA) is 35.5 Å². The first-order valence-electron chi connectivity index (χ1n) is 5.45. The predicted octanol–water partition coefficient (Wildman–Crippen LogP) is 2.63. The zero-order valence-electron chi connectivity index (χ0n) is 10.2. The van der Waals surface area contributed by atoms with Gasteiger partial charge in [0.25, 0.3) is 0 Å². The molecule has 0 N–H and O–H groups in total. The van der Waals surface area contributed by atoms with E-state index in [9.17, 15) is 4.79 Å². The highest BCUT2D eigenvalue weighted by Crippen LogP contribution is 2.21. The molecular formula is C13H18O3. The molecule has 16 heavy (non-hydrogen) atoms. The van der Waals surface area contributed by atoms with E-state index in [1.54, 1.807) is 13.8 Å². The van der Waals surface area contributed by atoms with Gasteiger partial charge in [0.05, 0.1) is 6.61 Å². The van der Waals surface area contributed by atoms with Crippen molar-refractivity contribution in [1.29, 1.82) is 0 Å². The summed E-state index contributed by atoms with van der Waals surface area (Å²) >= 11 is 0. The lowest BCUT2D eigenvalue weighted by Crippen LogP contribution is -2.26.